The van der Waals surface area contributed by atoms with Gasteiger partial charge in [0.2, 0.25) is 0 Å². The molecule has 259 valence electrons. The fourth-order valence-electron chi connectivity index (χ4n) is 3.90. The fraction of sp³-hybridized carbons (Fsp3) is 0.560. The van der Waals surface area contributed by atoms with Gasteiger partial charge in [-0.1, -0.05) is 43.3 Å². The van der Waals surface area contributed by atoms with E-state index in [1.807, 2.05) is 31.2 Å². The van der Waals surface area contributed by atoms with E-state index < -0.39 is 31.3 Å². The first-order valence-corrected chi connectivity index (χ1v) is 14.8. The number of nitrogens with zero attached hydrogens (tertiary/aromatic N) is 2. The summed E-state index contributed by atoms with van der Waals surface area (Å²) in [6.07, 6.45) is 3.50. The van der Waals surface area contributed by atoms with Crippen LogP contribution in [0.2, 0.25) is 0 Å². The third-order valence-electron chi connectivity index (χ3n) is 7.07. The Balaban J connectivity index is -0.000000566. The van der Waals surface area contributed by atoms with Gasteiger partial charge in [0.15, 0.2) is 0 Å². The second-order valence-corrected chi connectivity index (χ2v) is 12.5. The van der Waals surface area contributed by atoms with E-state index in [1.54, 1.807) is 19.5 Å². The minimum absolute atomic E-state index is 0. The van der Waals surface area contributed by atoms with Crippen LogP contribution in [-0.2, 0) is 49.0 Å². The van der Waals surface area contributed by atoms with Gasteiger partial charge in [-0.3, -0.25) is 9.97 Å². The molecular weight excluding hydrogens is 827 g/mol. The minimum Gasteiger partial charge on any atom is -0.497 e. The molecular formula is C25H37F6IrN2O8S2-. The Labute approximate surface area is 267 Å². The molecule has 1 aliphatic carbocycles. The normalized spacial score (nSPS) is 21.5. The quantitative estimate of drug-likeness (QED) is 0.118. The van der Waals surface area contributed by atoms with Crippen LogP contribution in [-0.4, -0.2) is 50.4 Å². The second kappa shape index (κ2) is 18.3. The van der Waals surface area contributed by atoms with Gasteiger partial charge in [0.1, 0.15) is 5.75 Å². The van der Waals surface area contributed by atoms with Crippen LogP contribution < -0.4 is 4.74 Å². The number of pyridine rings is 2. The van der Waals surface area contributed by atoms with Crippen LogP contribution in [0.25, 0.3) is 11.4 Å². The van der Waals surface area contributed by atoms with Crippen LogP contribution in [0.5, 0.6) is 5.75 Å². The molecule has 2 aromatic heterocycles. The number of alkyl halides is 6. The topological polar surface area (TPSA) is 153 Å². The molecule has 0 unspecified atom stereocenters. The van der Waals surface area contributed by atoms with Crippen molar-refractivity contribution < 1.29 is 82.2 Å². The van der Waals surface area contributed by atoms with Gasteiger partial charge in [-0.15, -0.1) is 0 Å². The summed E-state index contributed by atoms with van der Waals surface area (Å²) in [6, 6.07) is 7.66. The van der Waals surface area contributed by atoms with Gasteiger partial charge in [-0.25, -0.2) is 0 Å². The number of hydrogen-bond acceptors (Lipinski definition) is 9. The largest absolute Gasteiger partial charge is 0.525 e. The zero-order valence-corrected chi connectivity index (χ0v) is 29.0. The van der Waals surface area contributed by atoms with E-state index in [9.17, 15) is 43.2 Å². The number of halogens is 6. The molecule has 0 bridgehead atoms. The van der Waals surface area contributed by atoms with Crippen molar-refractivity contribution in [1.29, 1.82) is 0 Å². The molecule has 0 amide bonds. The van der Waals surface area contributed by atoms with Crippen molar-refractivity contribution in [2.45, 2.75) is 52.6 Å². The third-order valence-corrected chi connectivity index (χ3v) is 8.78. The Morgan fingerprint density at radius 2 is 1.00 bits per heavy atom. The monoisotopic (exact) mass is 864 g/mol. The Bertz CT molecular complexity index is 1270. The second-order valence-electron chi connectivity index (χ2n) is 9.53. The Morgan fingerprint density at radius 1 is 0.682 bits per heavy atom. The van der Waals surface area contributed by atoms with Crippen LogP contribution in [0.1, 0.15) is 40.2 Å². The molecule has 3 rings (SSSR count). The summed E-state index contributed by atoms with van der Waals surface area (Å²) in [5, 5.41) is 0. The van der Waals surface area contributed by atoms with Gasteiger partial charge in [0.25, 0.3) is 0 Å². The fourth-order valence-corrected chi connectivity index (χ4v) is 4.64. The van der Waals surface area contributed by atoms with Gasteiger partial charge < -0.3 is 17.6 Å². The molecule has 10 nitrogen and oxygen atoms in total. The van der Waals surface area contributed by atoms with E-state index in [0.717, 1.165) is 46.7 Å². The van der Waals surface area contributed by atoms with Crippen LogP contribution in [0.3, 0.4) is 0 Å². The Morgan fingerprint density at radius 3 is 1.30 bits per heavy atom. The number of rotatable bonds is 5. The summed E-state index contributed by atoms with van der Waals surface area (Å²) in [6.45, 7) is 14.0. The number of hydrogen-bond donors (Lipinski definition) is 0. The zero-order chi connectivity index (χ0) is 32.0. The summed E-state index contributed by atoms with van der Waals surface area (Å²) in [5.74, 6) is 5.47. The van der Waals surface area contributed by atoms with Crippen LogP contribution >= 0.6 is 0 Å². The van der Waals surface area contributed by atoms with E-state index >= 15 is 0 Å². The SMILES string of the molecule is CC1C(C)C(C)C(C)C1C.COc1ccnc(-c2cc(C)ccn2)c1.O.O=S(=O)(OOS(=O)(=O)C(F)(F)F)C(F)(F)F.[CH3-].[Ir]. The van der Waals surface area contributed by atoms with Crippen LogP contribution in [0.4, 0.5) is 26.3 Å². The average molecular weight is 864 g/mol. The van der Waals surface area contributed by atoms with E-state index in [0.29, 0.717) is 0 Å². The molecule has 0 atom stereocenters. The molecule has 0 aromatic carbocycles. The van der Waals surface area contributed by atoms with Gasteiger partial charge >= 0.3 is 31.3 Å². The zero-order valence-electron chi connectivity index (χ0n) is 25.0. The van der Waals surface area contributed by atoms with Gasteiger partial charge in [0, 0.05) is 38.6 Å². The number of ether oxygens (including phenoxy) is 1. The maximum Gasteiger partial charge on any atom is 0.525 e. The summed E-state index contributed by atoms with van der Waals surface area (Å²) in [7, 11) is -11.5. The molecule has 0 spiro atoms. The van der Waals surface area contributed by atoms with Gasteiger partial charge in [-0.2, -0.15) is 43.2 Å². The van der Waals surface area contributed by atoms with Crippen LogP contribution in [0, 0.1) is 43.9 Å². The molecule has 1 aliphatic rings. The van der Waals surface area contributed by atoms with Crippen LogP contribution in [0.15, 0.2) is 36.7 Å². The molecule has 2 heterocycles. The maximum atomic E-state index is 11.4. The predicted octanol–water partition coefficient (Wildman–Crippen LogP) is 5.90. The number of aryl methyl sites for hydroxylation is 1. The summed E-state index contributed by atoms with van der Waals surface area (Å²) in [4.78, 5) is 8.52. The van der Waals surface area contributed by atoms with Crippen molar-refractivity contribution in [3.8, 4) is 17.1 Å². The van der Waals surface area contributed by atoms with Crippen molar-refractivity contribution in [3.63, 3.8) is 0 Å². The molecule has 2 aromatic rings. The van der Waals surface area contributed by atoms with Gasteiger partial charge in [-0.05, 0) is 60.3 Å². The van der Waals surface area contributed by atoms with Crippen molar-refractivity contribution in [1.82, 2.24) is 9.97 Å². The van der Waals surface area contributed by atoms with Crippen molar-refractivity contribution in [2.75, 3.05) is 7.11 Å². The number of methoxy groups -OCH3 is 1. The number of aromatic nitrogens is 2. The average Bonchev–Trinajstić information content (AvgIpc) is 3.04. The molecule has 0 aliphatic heterocycles. The van der Waals surface area contributed by atoms with Crippen molar-refractivity contribution in [2.24, 2.45) is 29.6 Å². The summed E-state index contributed by atoms with van der Waals surface area (Å²) in [5.41, 5.74) is -9.36. The smallest absolute Gasteiger partial charge is 0.497 e. The van der Waals surface area contributed by atoms with E-state index in [2.05, 4.69) is 53.3 Å². The first-order valence-electron chi connectivity index (χ1n) is 12.0. The molecule has 0 saturated heterocycles. The first-order chi connectivity index (χ1) is 18.6. The Hall–Kier alpha value is -1.89. The molecule has 19 heteroatoms. The first kappa shape index (κ1) is 46.5. The third kappa shape index (κ3) is 12.8. The van der Waals surface area contributed by atoms with E-state index in [-0.39, 0.29) is 33.0 Å². The molecule has 1 radical (unpaired) electrons. The van der Waals surface area contributed by atoms with E-state index in [1.165, 1.54) is 5.56 Å². The maximum absolute atomic E-state index is 11.4. The van der Waals surface area contributed by atoms with Crippen molar-refractivity contribution in [3.05, 3.63) is 49.6 Å². The standard InChI is InChI=1S/C12H12N2O.C10H20.C2F6O6S2.CH3.Ir.H2O/c1-9-3-5-13-11(7-9)12-8-10(15-2)4-6-14-12;1-6-7(2)9(4)10(5)8(6)3;3-1(4,5)15(9,10)13-14-16(11,12)2(6,7)8;;;/h3-8H,1-2H3;6-10H,1-5H3;;1H3;;1H2/q;;;-1;;. The Kier molecular flexibility index (Phi) is 19.4. The van der Waals surface area contributed by atoms with E-state index in [4.69, 9.17) is 4.74 Å². The van der Waals surface area contributed by atoms with Gasteiger partial charge in [0.05, 0.1) is 18.5 Å². The molecule has 44 heavy (non-hydrogen) atoms. The summed E-state index contributed by atoms with van der Waals surface area (Å²) >= 11 is 0. The predicted molar refractivity (Wildman–Crippen MR) is 147 cm³/mol. The molecule has 1 fully saturated rings. The minimum atomic E-state index is -6.59. The molecule has 1 saturated carbocycles. The van der Waals surface area contributed by atoms with Crippen molar-refractivity contribution >= 4 is 20.2 Å². The summed E-state index contributed by atoms with van der Waals surface area (Å²) < 4.78 is 118. The molecule has 2 N–H and O–H groups in total.